The number of likely N-dealkylation sites (tertiary alicyclic amines) is 1. The van der Waals surface area contributed by atoms with Crippen LogP contribution in [0.5, 0.6) is 0 Å². The van der Waals surface area contributed by atoms with Crippen molar-refractivity contribution in [2.24, 2.45) is 0 Å². The standard InChI is InChI=1S/C26H31F3N2O3/c1-15(2)22-19(28)11-17(12-20(22)29)23(16-9-7-6-8-10-16)30-24(32)21-13-18(27)14-31(21)25(33)34-26(3,4)5/h6-12,15,18,21,23H,13-14H2,1-5H3,(H,30,32)/t18?,21-,23?/m1/s1. The van der Waals surface area contributed by atoms with Crippen LogP contribution in [-0.2, 0) is 9.53 Å². The molecule has 5 nitrogen and oxygen atoms in total. The molecule has 1 saturated heterocycles. The Morgan fingerprint density at radius 3 is 2.18 bits per heavy atom. The van der Waals surface area contributed by atoms with Crippen LogP contribution in [0.25, 0.3) is 0 Å². The molecule has 2 unspecified atom stereocenters. The van der Waals surface area contributed by atoms with E-state index in [-0.39, 0.29) is 30.0 Å². The van der Waals surface area contributed by atoms with Crippen molar-refractivity contribution in [2.45, 2.75) is 70.8 Å². The van der Waals surface area contributed by atoms with Crippen molar-refractivity contribution in [2.75, 3.05) is 6.54 Å². The normalized spacial score (nSPS) is 19.3. The Bertz CT molecular complexity index is 1010. The van der Waals surface area contributed by atoms with Gasteiger partial charge in [0.15, 0.2) is 0 Å². The van der Waals surface area contributed by atoms with E-state index in [0.29, 0.717) is 5.56 Å². The van der Waals surface area contributed by atoms with Crippen molar-refractivity contribution in [3.05, 3.63) is 70.8 Å². The van der Waals surface area contributed by atoms with E-state index in [2.05, 4.69) is 5.32 Å². The maximum atomic E-state index is 14.8. The molecule has 0 bridgehead atoms. The van der Waals surface area contributed by atoms with Crippen molar-refractivity contribution in [3.8, 4) is 0 Å². The topological polar surface area (TPSA) is 58.6 Å². The molecule has 2 aromatic rings. The number of halogens is 3. The molecule has 1 N–H and O–H groups in total. The number of carbonyl (C=O) groups is 2. The van der Waals surface area contributed by atoms with Crippen LogP contribution in [-0.4, -0.2) is 41.3 Å². The van der Waals surface area contributed by atoms with Crippen LogP contribution in [0.15, 0.2) is 42.5 Å². The summed E-state index contributed by atoms with van der Waals surface area (Å²) in [6.07, 6.45) is -2.37. The molecule has 0 spiro atoms. The third-order valence-electron chi connectivity index (χ3n) is 5.61. The number of alkyl halides is 1. The van der Waals surface area contributed by atoms with Crippen LogP contribution in [0.3, 0.4) is 0 Å². The molecule has 2 aromatic carbocycles. The number of nitrogens with zero attached hydrogens (tertiary/aromatic N) is 1. The van der Waals surface area contributed by atoms with Crippen LogP contribution in [0.1, 0.15) is 69.7 Å². The summed E-state index contributed by atoms with van der Waals surface area (Å²) >= 11 is 0. The first-order valence-corrected chi connectivity index (χ1v) is 11.3. The summed E-state index contributed by atoms with van der Waals surface area (Å²) in [5.74, 6) is -2.41. The minimum atomic E-state index is -1.39. The minimum absolute atomic E-state index is 0.0333. The Hall–Kier alpha value is -3.03. The minimum Gasteiger partial charge on any atom is -0.444 e. The first kappa shape index (κ1) is 25.6. The van der Waals surface area contributed by atoms with Gasteiger partial charge in [-0.1, -0.05) is 44.2 Å². The molecule has 0 aromatic heterocycles. The molecule has 3 atom stereocenters. The van der Waals surface area contributed by atoms with E-state index < -0.39 is 47.5 Å². The summed E-state index contributed by atoms with van der Waals surface area (Å²) in [5.41, 5.74) is -0.0519. The lowest BCUT2D eigenvalue weighted by atomic mass is 9.93. The molecule has 8 heteroatoms. The fourth-order valence-electron chi connectivity index (χ4n) is 4.12. The van der Waals surface area contributed by atoms with Gasteiger partial charge in [-0.2, -0.15) is 0 Å². The van der Waals surface area contributed by atoms with Crippen LogP contribution in [0.4, 0.5) is 18.0 Å². The van der Waals surface area contributed by atoms with Gasteiger partial charge in [0.25, 0.3) is 0 Å². The molecule has 0 radical (unpaired) electrons. The van der Waals surface area contributed by atoms with Gasteiger partial charge in [-0.05, 0) is 49.9 Å². The van der Waals surface area contributed by atoms with Gasteiger partial charge in [-0.15, -0.1) is 0 Å². The molecule has 0 saturated carbocycles. The third kappa shape index (κ3) is 5.90. The first-order valence-electron chi connectivity index (χ1n) is 11.3. The predicted octanol–water partition coefficient (Wildman–Crippen LogP) is 5.64. The lowest BCUT2D eigenvalue weighted by molar-refractivity contribution is -0.126. The number of hydrogen-bond donors (Lipinski definition) is 1. The number of nitrogens with one attached hydrogen (secondary N) is 1. The second-order valence-corrected chi connectivity index (χ2v) is 9.89. The average Bonchev–Trinajstić information content (AvgIpc) is 3.12. The molecule has 3 rings (SSSR count). The molecular weight excluding hydrogens is 445 g/mol. The zero-order chi connectivity index (χ0) is 25.2. The molecule has 34 heavy (non-hydrogen) atoms. The highest BCUT2D eigenvalue weighted by Crippen LogP contribution is 2.30. The van der Waals surface area contributed by atoms with Gasteiger partial charge in [0.05, 0.1) is 12.6 Å². The van der Waals surface area contributed by atoms with Gasteiger partial charge in [-0.25, -0.2) is 18.0 Å². The molecular formula is C26H31F3N2O3. The number of carbonyl (C=O) groups excluding carboxylic acids is 2. The van der Waals surface area contributed by atoms with Crippen LogP contribution >= 0.6 is 0 Å². The number of ether oxygens (including phenoxy) is 1. The van der Waals surface area contributed by atoms with Gasteiger partial charge in [-0.3, -0.25) is 9.69 Å². The first-order chi connectivity index (χ1) is 15.9. The number of rotatable bonds is 5. The van der Waals surface area contributed by atoms with Crippen molar-refractivity contribution in [1.29, 1.82) is 0 Å². The molecule has 0 aliphatic carbocycles. The van der Waals surface area contributed by atoms with E-state index in [4.69, 9.17) is 4.74 Å². The molecule has 1 aliphatic heterocycles. The lowest BCUT2D eigenvalue weighted by Gasteiger charge is -2.29. The third-order valence-corrected chi connectivity index (χ3v) is 5.61. The van der Waals surface area contributed by atoms with Gasteiger partial charge in [0.1, 0.15) is 29.4 Å². The Kier molecular flexibility index (Phi) is 7.58. The molecule has 1 heterocycles. The number of amides is 2. The highest BCUT2D eigenvalue weighted by Gasteiger charge is 2.42. The lowest BCUT2D eigenvalue weighted by Crippen LogP contribution is -2.48. The van der Waals surface area contributed by atoms with Crippen molar-refractivity contribution in [3.63, 3.8) is 0 Å². The van der Waals surface area contributed by atoms with E-state index in [1.165, 1.54) is 12.1 Å². The summed E-state index contributed by atoms with van der Waals surface area (Å²) in [4.78, 5) is 26.9. The zero-order valence-corrected chi connectivity index (χ0v) is 20.1. The Morgan fingerprint density at radius 2 is 1.65 bits per heavy atom. The van der Waals surface area contributed by atoms with Crippen molar-refractivity contribution in [1.82, 2.24) is 10.2 Å². The highest BCUT2D eigenvalue weighted by atomic mass is 19.1. The molecule has 2 amide bonds. The van der Waals surface area contributed by atoms with E-state index in [1.807, 2.05) is 0 Å². The maximum absolute atomic E-state index is 14.8. The summed E-state index contributed by atoms with van der Waals surface area (Å²) in [5, 5.41) is 2.77. The van der Waals surface area contributed by atoms with Gasteiger partial charge in [0.2, 0.25) is 5.91 Å². The largest absolute Gasteiger partial charge is 0.444 e. The summed E-state index contributed by atoms with van der Waals surface area (Å²) in [7, 11) is 0. The van der Waals surface area contributed by atoms with Gasteiger partial charge < -0.3 is 10.1 Å². The van der Waals surface area contributed by atoms with Crippen molar-refractivity contribution >= 4 is 12.0 Å². The smallest absolute Gasteiger partial charge is 0.411 e. The van der Waals surface area contributed by atoms with Crippen LogP contribution in [0.2, 0.25) is 0 Å². The summed E-state index contributed by atoms with van der Waals surface area (Å²) < 4.78 is 49.2. The van der Waals surface area contributed by atoms with Gasteiger partial charge >= 0.3 is 6.09 Å². The SMILES string of the molecule is CC(C)c1c(F)cc(C(NC(=O)[C@H]2CC(F)CN2C(=O)OC(C)(C)C)c2ccccc2)cc1F. The van der Waals surface area contributed by atoms with E-state index in [1.54, 1.807) is 65.0 Å². The van der Waals surface area contributed by atoms with Crippen LogP contribution < -0.4 is 5.32 Å². The fourth-order valence-corrected chi connectivity index (χ4v) is 4.12. The number of hydrogen-bond acceptors (Lipinski definition) is 3. The predicted molar refractivity (Wildman–Crippen MR) is 123 cm³/mol. The molecule has 184 valence electrons. The summed E-state index contributed by atoms with van der Waals surface area (Å²) in [6.45, 7) is 8.15. The maximum Gasteiger partial charge on any atom is 0.411 e. The average molecular weight is 477 g/mol. The van der Waals surface area contributed by atoms with E-state index in [9.17, 15) is 22.8 Å². The highest BCUT2D eigenvalue weighted by molar-refractivity contribution is 5.87. The molecule has 1 fully saturated rings. The van der Waals surface area contributed by atoms with Crippen LogP contribution in [0, 0.1) is 11.6 Å². The Morgan fingerprint density at radius 1 is 1.06 bits per heavy atom. The Balaban J connectivity index is 1.93. The fraction of sp³-hybridized carbons (Fsp3) is 0.462. The second kappa shape index (κ2) is 10.1. The van der Waals surface area contributed by atoms with Gasteiger partial charge in [0, 0.05) is 12.0 Å². The molecule has 1 aliphatic rings. The number of benzene rings is 2. The Labute approximate surface area is 198 Å². The van der Waals surface area contributed by atoms with E-state index >= 15 is 0 Å². The van der Waals surface area contributed by atoms with Crippen molar-refractivity contribution < 1.29 is 27.5 Å². The second-order valence-electron chi connectivity index (χ2n) is 9.89. The summed E-state index contributed by atoms with van der Waals surface area (Å²) in [6, 6.07) is 9.08. The zero-order valence-electron chi connectivity index (χ0n) is 20.1. The quantitative estimate of drug-likeness (QED) is 0.608. The monoisotopic (exact) mass is 476 g/mol. The van der Waals surface area contributed by atoms with E-state index in [0.717, 1.165) is 4.90 Å².